The summed E-state index contributed by atoms with van der Waals surface area (Å²) in [5.74, 6) is 3.70. The summed E-state index contributed by atoms with van der Waals surface area (Å²) in [6.45, 7) is 16.3. The lowest BCUT2D eigenvalue weighted by atomic mass is 9.73. The van der Waals surface area contributed by atoms with Gasteiger partial charge in [-0.3, -0.25) is 0 Å². The fourth-order valence-electron chi connectivity index (χ4n) is 3.49. The lowest BCUT2D eigenvalue weighted by Gasteiger charge is -2.35. The van der Waals surface area contributed by atoms with Crippen LogP contribution in [0.25, 0.3) is 0 Å². The van der Waals surface area contributed by atoms with E-state index in [1.54, 1.807) is 0 Å². The molecule has 0 bridgehead atoms. The van der Waals surface area contributed by atoms with Crippen molar-refractivity contribution in [2.45, 2.75) is 80.2 Å². The van der Waals surface area contributed by atoms with Gasteiger partial charge in [-0.25, -0.2) is 0 Å². The summed E-state index contributed by atoms with van der Waals surface area (Å²) in [4.78, 5) is 0. The minimum Gasteiger partial charge on any atom is -0.327 e. The van der Waals surface area contributed by atoms with Crippen molar-refractivity contribution in [1.29, 1.82) is 0 Å². The van der Waals surface area contributed by atoms with Crippen molar-refractivity contribution in [3.8, 4) is 0 Å². The first-order valence-electron chi connectivity index (χ1n) is 8.08. The third-order valence-corrected chi connectivity index (χ3v) is 4.37. The first kappa shape index (κ1) is 18.0. The molecule has 4 atom stereocenters. The highest BCUT2D eigenvalue weighted by molar-refractivity contribution is 4.83. The van der Waals surface area contributed by atoms with Crippen molar-refractivity contribution in [3.05, 3.63) is 0 Å². The molecule has 110 valence electrons. The van der Waals surface area contributed by atoms with E-state index in [0.717, 1.165) is 17.8 Å². The van der Waals surface area contributed by atoms with Crippen LogP contribution in [0.15, 0.2) is 0 Å². The van der Waals surface area contributed by atoms with E-state index in [0.29, 0.717) is 17.9 Å². The van der Waals surface area contributed by atoms with Gasteiger partial charge >= 0.3 is 0 Å². The molecule has 0 saturated heterocycles. The molecule has 18 heavy (non-hydrogen) atoms. The van der Waals surface area contributed by atoms with Crippen LogP contribution in [0.3, 0.4) is 0 Å². The number of rotatable bonds is 9. The van der Waals surface area contributed by atoms with E-state index < -0.39 is 0 Å². The maximum absolute atomic E-state index is 6.57. The fraction of sp³-hybridized carbons (Fsp3) is 1.00. The zero-order chi connectivity index (χ0) is 14.3. The van der Waals surface area contributed by atoms with E-state index in [-0.39, 0.29) is 0 Å². The van der Waals surface area contributed by atoms with E-state index in [2.05, 4.69) is 48.5 Å². The highest BCUT2D eigenvalue weighted by Crippen LogP contribution is 2.32. The van der Waals surface area contributed by atoms with Crippen molar-refractivity contribution in [2.75, 3.05) is 0 Å². The molecule has 0 spiro atoms. The van der Waals surface area contributed by atoms with Gasteiger partial charge in [0.2, 0.25) is 0 Å². The maximum atomic E-state index is 6.57. The summed E-state index contributed by atoms with van der Waals surface area (Å²) < 4.78 is 0. The minimum absolute atomic E-state index is 0.376. The highest BCUT2D eigenvalue weighted by Gasteiger charge is 2.28. The van der Waals surface area contributed by atoms with Crippen molar-refractivity contribution < 1.29 is 0 Å². The molecular weight excluding hydrogens is 218 g/mol. The van der Waals surface area contributed by atoms with Gasteiger partial charge in [-0.1, -0.05) is 61.3 Å². The number of hydrogen-bond donors (Lipinski definition) is 1. The molecule has 0 aromatic carbocycles. The Balaban J connectivity index is 4.61. The molecule has 0 radical (unpaired) electrons. The van der Waals surface area contributed by atoms with Crippen LogP contribution in [0.4, 0.5) is 0 Å². The Morgan fingerprint density at radius 1 is 0.778 bits per heavy atom. The third-order valence-electron chi connectivity index (χ3n) is 4.37. The predicted octanol–water partition coefficient (Wildman–Crippen LogP) is 5.09. The Morgan fingerprint density at radius 2 is 1.28 bits per heavy atom. The standard InChI is InChI=1S/C17H37N/c1-8-15(11-13(5)6)16(9-2)17(18)14(7)10-12(3)4/h12-17H,8-11,18H2,1-7H3. The van der Waals surface area contributed by atoms with E-state index in [9.17, 15) is 0 Å². The average molecular weight is 255 g/mol. The normalized spacial score (nSPS) is 19.0. The number of nitrogens with two attached hydrogens (primary N) is 1. The van der Waals surface area contributed by atoms with Crippen molar-refractivity contribution >= 4 is 0 Å². The molecule has 0 amide bonds. The summed E-state index contributed by atoms with van der Waals surface area (Å²) in [6.07, 6.45) is 5.10. The van der Waals surface area contributed by atoms with Crippen molar-refractivity contribution in [2.24, 2.45) is 35.3 Å². The van der Waals surface area contributed by atoms with Crippen LogP contribution in [0.1, 0.15) is 74.1 Å². The van der Waals surface area contributed by atoms with Gasteiger partial charge in [0.1, 0.15) is 0 Å². The molecule has 1 nitrogen and oxygen atoms in total. The molecule has 1 heteroatoms. The zero-order valence-electron chi connectivity index (χ0n) is 13.9. The van der Waals surface area contributed by atoms with Gasteiger partial charge < -0.3 is 5.73 Å². The van der Waals surface area contributed by atoms with Crippen LogP contribution in [0, 0.1) is 29.6 Å². The Kier molecular flexibility index (Phi) is 8.94. The maximum Gasteiger partial charge on any atom is 0.00956 e. The second-order valence-electron chi connectivity index (χ2n) is 7.05. The van der Waals surface area contributed by atoms with Crippen molar-refractivity contribution in [1.82, 2.24) is 0 Å². The SMILES string of the molecule is CCC(CC(C)C)C(CC)C(N)C(C)CC(C)C. The van der Waals surface area contributed by atoms with E-state index in [1.165, 1.54) is 25.7 Å². The monoisotopic (exact) mass is 255 g/mol. The smallest absolute Gasteiger partial charge is 0.00956 e. The highest BCUT2D eigenvalue weighted by atomic mass is 14.7. The summed E-state index contributed by atoms with van der Waals surface area (Å²) >= 11 is 0. The fourth-order valence-corrected chi connectivity index (χ4v) is 3.49. The molecule has 0 aromatic rings. The molecule has 0 heterocycles. The zero-order valence-corrected chi connectivity index (χ0v) is 13.9. The van der Waals surface area contributed by atoms with Gasteiger partial charge in [0.05, 0.1) is 0 Å². The minimum atomic E-state index is 0.376. The average Bonchev–Trinajstić information content (AvgIpc) is 2.26. The van der Waals surface area contributed by atoms with E-state index >= 15 is 0 Å². The topological polar surface area (TPSA) is 26.0 Å². The molecular formula is C17H37N. The van der Waals surface area contributed by atoms with E-state index in [4.69, 9.17) is 5.73 Å². The Hall–Kier alpha value is -0.0400. The Bertz CT molecular complexity index is 198. The second-order valence-corrected chi connectivity index (χ2v) is 7.05. The van der Waals surface area contributed by atoms with Crippen LogP contribution >= 0.6 is 0 Å². The second kappa shape index (κ2) is 8.96. The predicted molar refractivity (Wildman–Crippen MR) is 83.6 cm³/mol. The summed E-state index contributed by atoms with van der Waals surface area (Å²) in [6, 6.07) is 0.376. The molecule has 0 aliphatic rings. The largest absolute Gasteiger partial charge is 0.327 e. The van der Waals surface area contributed by atoms with Crippen molar-refractivity contribution in [3.63, 3.8) is 0 Å². The summed E-state index contributed by atoms with van der Waals surface area (Å²) in [5, 5.41) is 0. The lowest BCUT2D eigenvalue weighted by Crippen LogP contribution is -2.40. The van der Waals surface area contributed by atoms with Crippen LogP contribution in [-0.4, -0.2) is 6.04 Å². The molecule has 0 aliphatic heterocycles. The molecule has 0 saturated carbocycles. The first-order valence-corrected chi connectivity index (χ1v) is 8.08. The third kappa shape index (κ3) is 6.22. The van der Waals surface area contributed by atoms with Gasteiger partial charge in [-0.15, -0.1) is 0 Å². The molecule has 0 rings (SSSR count). The van der Waals surface area contributed by atoms with Crippen LogP contribution in [0.5, 0.6) is 0 Å². The molecule has 0 aliphatic carbocycles. The van der Waals surface area contributed by atoms with Gasteiger partial charge in [-0.05, 0) is 42.4 Å². The molecule has 2 N–H and O–H groups in total. The molecule has 4 unspecified atom stereocenters. The first-order chi connectivity index (χ1) is 8.33. The van der Waals surface area contributed by atoms with Gasteiger partial charge in [-0.2, -0.15) is 0 Å². The van der Waals surface area contributed by atoms with E-state index in [1.807, 2.05) is 0 Å². The van der Waals surface area contributed by atoms with Gasteiger partial charge in [0, 0.05) is 6.04 Å². The number of hydrogen-bond acceptors (Lipinski definition) is 1. The summed E-state index contributed by atoms with van der Waals surface area (Å²) in [5.41, 5.74) is 6.57. The molecule has 0 aromatic heterocycles. The lowest BCUT2D eigenvalue weighted by molar-refractivity contribution is 0.183. The van der Waals surface area contributed by atoms with Crippen LogP contribution < -0.4 is 5.73 Å². The van der Waals surface area contributed by atoms with Crippen LogP contribution in [-0.2, 0) is 0 Å². The quantitative estimate of drug-likeness (QED) is 0.610. The Labute approximate surface area is 116 Å². The summed E-state index contributed by atoms with van der Waals surface area (Å²) in [7, 11) is 0. The molecule has 0 fully saturated rings. The van der Waals surface area contributed by atoms with Gasteiger partial charge in [0.25, 0.3) is 0 Å². The Morgan fingerprint density at radius 3 is 1.61 bits per heavy atom. The van der Waals surface area contributed by atoms with Gasteiger partial charge in [0.15, 0.2) is 0 Å². The van der Waals surface area contributed by atoms with Crippen LogP contribution in [0.2, 0.25) is 0 Å².